The lowest BCUT2D eigenvalue weighted by Gasteiger charge is -2.09. The molecule has 0 saturated heterocycles. The van der Waals surface area contributed by atoms with Gasteiger partial charge in [-0.1, -0.05) is 6.42 Å². The fraction of sp³-hybridized carbons (Fsp3) is 1.00. The Balaban J connectivity index is 2.44. The largest absolute Gasteiger partial charge is 0.391 e. The van der Waals surface area contributed by atoms with Crippen molar-refractivity contribution >= 4 is 7.85 Å². The van der Waals surface area contributed by atoms with Crippen LogP contribution in [-0.2, 0) is 0 Å². The maximum absolute atomic E-state index is 9.02. The van der Waals surface area contributed by atoms with Crippen molar-refractivity contribution in [2.75, 3.05) is 0 Å². The molecule has 1 aliphatic rings. The fourth-order valence-electron chi connectivity index (χ4n) is 1.15. The molecule has 1 fully saturated rings. The Bertz CT molecular complexity index is 76.5. The highest BCUT2D eigenvalue weighted by atomic mass is 16.3. The van der Waals surface area contributed by atoms with Crippen LogP contribution in [0.25, 0.3) is 0 Å². The minimum absolute atomic E-state index is 0.296. The zero-order valence-electron chi connectivity index (χ0n) is 5.04. The summed E-state index contributed by atoms with van der Waals surface area (Å²) >= 11 is 0. The molecule has 0 radical (unpaired) electrons. The highest BCUT2D eigenvalue weighted by Crippen LogP contribution is 2.27. The van der Waals surface area contributed by atoms with Crippen molar-refractivity contribution in [1.82, 2.24) is 0 Å². The SMILES string of the molecule is BC1CCC(O)C1O. The minimum atomic E-state index is -0.463. The Labute approximate surface area is 49.9 Å². The lowest BCUT2D eigenvalue weighted by Crippen LogP contribution is -2.21. The van der Waals surface area contributed by atoms with Gasteiger partial charge in [0.1, 0.15) is 7.85 Å². The number of aliphatic hydroxyl groups excluding tert-OH is 2. The van der Waals surface area contributed by atoms with Crippen LogP contribution in [0.5, 0.6) is 0 Å². The van der Waals surface area contributed by atoms with Gasteiger partial charge in [0.05, 0.1) is 12.2 Å². The van der Waals surface area contributed by atoms with E-state index in [2.05, 4.69) is 0 Å². The summed E-state index contributed by atoms with van der Waals surface area (Å²) in [7, 11) is 1.96. The first-order chi connectivity index (χ1) is 3.72. The second kappa shape index (κ2) is 2.07. The van der Waals surface area contributed by atoms with E-state index in [0.717, 1.165) is 12.8 Å². The molecule has 1 rings (SSSR count). The van der Waals surface area contributed by atoms with Crippen LogP contribution >= 0.6 is 0 Å². The summed E-state index contributed by atoms with van der Waals surface area (Å²) < 4.78 is 0. The number of rotatable bonds is 0. The molecule has 0 aromatic carbocycles. The first-order valence-corrected chi connectivity index (χ1v) is 3.08. The highest BCUT2D eigenvalue weighted by molar-refractivity contribution is 6.12. The maximum Gasteiger partial charge on any atom is 0.108 e. The van der Waals surface area contributed by atoms with E-state index < -0.39 is 12.2 Å². The summed E-state index contributed by atoms with van der Waals surface area (Å²) in [5.41, 5.74) is 0. The van der Waals surface area contributed by atoms with Gasteiger partial charge in [0.15, 0.2) is 0 Å². The van der Waals surface area contributed by atoms with Crippen LogP contribution in [0.4, 0.5) is 0 Å². The van der Waals surface area contributed by atoms with Gasteiger partial charge >= 0.3 is 0 Å². The van der Waals surface area contributed by atoms with Crippen LogP contribution in [0.1, 0.15) is 12.8 Å². The quantitative estimate of drug-likeness (QED) is 0.393. The molecule has 1 aliphatic carbocycles. The first kappa shape index (κ1) is 6.11. The molecular weight excluding hydrogens is 103 g/mol. The standard InChI is InChI=1S/C5H11BO2/c6-3-1-2-4(7)5(3)8/h3-5,7-8H,1-2,6H2. The van der Waals surface area contributed by atoms with E-state index >= 15 is 0 Å². The highest BCUT2D eigenvalue weighted by Gasteiger charge is 2.29. The molecule has 2 N–H and O–H groups in total. The van der Waals surface area contributed by atoms with E-state index in [1.54, 1.807) is 0 Å². The molecule has 0 spiro atoms. The van der Waals surface area contributed by atoms with Gasteiger partial charge in [-0.05, 0) is 12.2 Å². The third-order valence-corrected chi connectivity index (χ3v) is 1.90. The van der Waals surface area contributed by atoms with Crippen LogP contribution in [0.2, 0.25) is 5.82 Å². The van der Waals surface area contributed by atoms with Gasteiger partial charge in [0.2, 0.25) is 0 Å². The summed E-state index contributed by atoms with van der Waals surface area (Å²) in [5.74, 6) is 0.296. The smallest absolute Gasteiger partial charge is 0.108 e. The normalized spacial score (nSPS) is 47.5. The van der Waals surface area contributed by atoms with Crippen molar-refractivity contribution < 1.29 is 10.2 Å². The molecule has 46 valence electrons. The predicted octanol–water partition coefficient (Wildman–Crippen LogP) is -1.08. The third-order valence-electron chi connectivity index (χ3n) is 1.90. The van der Waals surface area contributed by atoms with Crippen molar-refractivity contribution in [2.24, 2.45) is 0 Å². The van der Waals surface area contributed by atoms with Gasteiger partial charge in [0, 0.05) is 0 Å². The molecule has 3 unspecified atom stereocenters. The monoisotopic (exact) mass is 114 g/mol. The molecular formula is C5H11BO2. The van der Waals surface area contributed by atoms with Crippen LogP contribution in [0.15, 0.2) is 0 Å². The summed E-state index contributed by atoms with van der Waals surface area (Å²) in [4.78, 5) is 0. The molecule has 1 saturated carbocycles. The second-order valence-electron chi connectivity index (χ2n) is 2.61. The number of aliphatic hydroxyl groups is 2. The number of hydrogen-bond acceptors (Lipinski definition) is 2. The van der Waals surface area contributed by atoms with Crippen molar-refractivity contribution in [3.05, 3.63) is 0 Å². The van der Waals surface area contributed by atoms with Gasteiger partial charge in [-0.3, -0.25) is 0 Å². The predicted molar refractivity (Wildman–Crippen MR) is 33.5 cm³/mol. The molecule has 0 bridgehead atoms. The van der Waals surface area contributed by atoms with E-state index in [9.17, 15) is 0 Å². The zero-order valence-corrected chi connectivity index (χ0v) is 5.04. The zero-order chi connectivity index (χ0) is 6.15. The Morgan fingerprint density at radius 3 is 2.00 bits per heavy atom. The van der Waals surface area contributed by atoms with E-state index in [1.165, 1.54) is 0 Å². The van der Waals surface area contributed by atoms with Crippen molar-refractivity contribution in [2.45, 2.75) is 30.9 Å². The van der Waals surface area contributed by atoms with Gasteiger partial charge < -0.3 is 10.2 Å². The van der Waals surface area contributed by atoms with Crippen LogP contribution < -0.4 is 0 Å². The summed E-state index contributed by atoms with van der Waals surface area (Å²) in [6, 6.07) is 0. The van der Waals surface area contributed by atoms with Crippen molar-refractivity contribution in [3.8, 4) is 0 Å². The molecule has 8 heavy (non-hydrogen) atoms. The molecule has 0 amide bonds. The Hall–Kier alpha value is -0.0151. The third kappa shape index (κ3) is 0.882. The minimum Gasteiger partial charge on any atom is -0.391 e. The van der Waals surface area contributed by atoms with Gasteiger partial charge in [-0.2, -0.15) is 0 Å². The Morgan fingerprint density at radius 2 is 1.88 bits per heavy atom. The second-order valence-corrected chi connectivity index (χ2v) is 2.61. The first-order valence-electron chi connectivity index (χ1n) is 3.08. The van der Waals surface area contributed by atoms with Crippen LogP contribution in [0.3, 0.4) is 0 Å². The maximum atomic E-state index is 9.02. The van der Waals surface area contributed by atoms with Crippen molar-refractivity contribution in [3.63, 3.8) is 0 Å². The molecule has 0 heterocycles. The van der Waals surface area contributed by atoms with E-state index in [4.69, 9.17) is 10.2 Å². The van der Waals surface area contributed by atoms with E-state index in [0.29, 0.717) is 5.82 Å². The van der Waals surface area contributed by atoms with Gasteiger partial charge in [0.25, 0.3) is 0 Å². The Kier molecular flexibility index (Phi) is 1.58. The number of hydrogen-bond donors (Lipinski definition) is 2. The Morgan fingerprint density at radius 1 is 1.25 bits per heavy atom. The average Bonchev–Trinajstić information content (AvgIpc) is 1.98. The lowest BCUT2D eigenvalue weighted by atomic mass is 9.84. The summed E-state index contributed by atoms with van der Waals surface area (Å²) in [6.07, 6.45) is 0.810. The fourth-order valence-corrected chi connectivity index (χ4v) is 1.15. The summed E-state index contributed by atoms with van der Waals surface area (Å²) in [5, 5.41) is 17.9. The van der Waals surface area contributed by atoms with E-state index in [-0.39, 0.29) is 0 Å². The lowest BCUT2D eigenvalue weighted by molar-refractivity contribution is 0.0443. The van der Waals surface area contributed by atoms with E-state index in [1.807, 2.05) is 7.85 Å². The molecule has 0 aliphatic heterocycles. The molecule has 3 heteroatoms. The molecule has 3 atom stereocenters. The van der Waals surface area contributed by atoms with Gasteiger partial charge in [-0.25, -0.2) is 0 Å². The van der Waals surface area contributed by atoms with Crippen molar-refractivity contribution in [1.29, 1.82) is 0 Å². The topological polar surface area (TPSA) is 40.5 Å². The van der Waals surface area contributed by atoms with Crippen LogP contribution in [0, 0.1) is 0 Å². The average molecular weight is 114 g/mol. The molecule has 2 nitrogen and oxygen atoms in total. The van der Waals surface area contributed by atoms with Crippen LogP contribution in [-0.4, -0.2) is 30.3 Å². The molecule has 0 aromatic rings. The molecule has 0 aromatic heterocycles. The van der Waals surface area contributed by atoms with Gasteiger partial charge in [-0.15, -0.1) is 0 Å². The summed E-state index contributed by atoms with van der Waals surface area (Å²) in [6.45, 7) is 0.